The molecule has 0 bridgehead atoms. The first-order valence-electron chi connectivity index (χ1n) is 41.1. The molecule has 0 radical (unpaired) electrons. The number of aliphatic hydroxyl groups excluding tert-OH is 1. The number of hydrogen-bond acceptors (Lipinski definition) is 15. The number of unbranched alkanes of at least 4 members (excludes halogenated alkanes) is 26. The molecule has 0 saturated heterocycles. The standard InChI is InChI=1S/C87H146O17P2/c1-5-9-13-17-21-25-29-33-36-38-40-42-45-49-52-56-60-64-68-72-85(90)98-77-82(103-86(91)73-69-65-61-57-53-47-32-28-24-20-16-12-8-4)79-101-105(93,94)99-75-81(88)76-100-106(95,96)102-80-83(78-97-84(89)71-67-63-59-55-51-48-44-35-31-27-23-19-15-11-7-3)104-87(92)74-70-66-62-58-54-50-46-43-41-39-37-34-30-26-22-18-14-10-6-2/h21-23,25-27,33-37,40-44,49-50,52,54,60,62,64,66,81-83,88H,5-20,24,28-32,38-39,45-48,51,53,55-59,61,63,65,67-80H2,1-4H3,(H,93,94)(H,95,96)/b25-21-,26-22-,27-23-,36-33-,37-34-,42-40-,43-41-,44-35-,52-49-,54-50-,64-60-,66-62-/t81-,82-,83-/m1/s1. The maximum absolute atomic E-state index is 13.1. The summed E-state index contributed by atoms with van der Waals surface area (Å²) in [6.07, 6.45) is 89.9. The molecular weight excluding hydrogens is 1380 g/mol. The van der Waals surface area contributed by atoms with Gasteiger partial charge < -0.3 is 33.8 Å². The Morgan fingerprint density at radius 2 is 0.481 bits per heavy atom. The lowest BCUT2D eigenvalue weighted by molar-refractivity contribution is -0.161. The van der Waals surface area contributed by atoms with Crippen molar-refractivity contribution in [2.45, 2.75) is 341 Å². The molecule has 0 aliphatic rings. The Kier molecular flexibility index (Phi) is 74.3. The van der Waals surface area contributed by atoms with Gasteiger partial charge in [-0.05, 0) is 135 Å². The second-order valence-corrected chi connectivity index (χ2v) is 29.9. The molecular formula is C87H146O17P2. The fraction of sp³-hybridized carbons (Fsp3) is 0.678. The zero-order valence-electron chi connectivity index (χ0n) is 66.3. The molecule has 19 heteroatoms. The quantitative estimate of drug-likeness (QED) is 0.0169. The molecule has 0 rings (SSSR count). The summed E-state index contributed by atoms with van der Waals surface area (Å²) >= 11 is 0. The van der Waals surface area contributed by atoms with Crippen molar-refractivity contribution in [3.05, 3.63) is 146 Å². The van der Waals surface area contributed by atoms with Crippen molar-refractivity contribution in [2.75, 3.05) is 39.6 Å². The van der Waals surface area contributed by atoms with Crippen LogP contribution in [0.15, 0.2) is 146 Å². The highest BCUT2D eigenvalue weighted by Gasteiger charge is 2.30. The highest BCUT2D eigenvalue weighted by Crippen LogP contribution is 2.45. The maximum Gasteiger partial charge on any atom is 0.472 e. The van der Waals surface area contributed by atoms with Crippen molar-refractivity contribution >= 4 is 39.5 Å². The summed E-state index contributed by atoms with van der Waals surface area (Å²) in [6.45, 7) is 4.62. The van der Waals surface area contributed by atoms with Gasteiger partial charge in [-0.25, -0.2) is 9.13 Å². The molecule has 0 amide bonds. The number of phosphoric acid groups is 2. The fourth-order valence-corrected chi connectivity index (χ4v) is 12.1. The average molecular weight is 1530 g/mol. The Bertz CT molecular complexity index is 2580. The Hall–Kier alpha value is -5.06. The molecule has 0 aliphatic carbocycles. The number of carbonyl (C=O) groups is 4. The third-order valence-electron chi connectivity index (χ3n) is 16.8. The lowest BCUT2D eigenvalue weighted by atomic mass is 10.0. The van der Waals surface area contributed by atoms with Crippen LogP contribution >= 0.6 is 15.6 Å². The highest BCUT2D eigenvalue weighted by molar-refractivity contribution is 7.47. The Balaban J connectivity index is 5.49. The lowest BCUT2D eigenvalue weighted by Crippen LogP contribution is -2.30. The van der Waals surface area contributed by atoms with Crippen LogP contribution < -0.4 is 0 Å². The number of hydrogen-bond donors (Lipinski definition) is 3. The minimum absolute atomic E-state index is 0.0346. The average Bonchev–Trinajstić information content (AvgIpc) is 0.899. The van der Waals surface area contributed by atoms with Gasteiger partial charge >= 0.3 is 39.5 Å². The number of carbonyl (C=O) groups excluding carboxylic acids is 4. The first-order valence-corrected chi connectivity index (χ1v) is 44.1. The van der Waals surface area contributed by atoms with Gasteiger partial charge in [-0.3, -0.25) is 37.3 Å². The summed E-state index contributed by atoms with van der Waals surface area (Å²) in [5, 5.41) is 10.6. The van der Waals surface area contributed by atoms with Crippen LogP contribution in [0, 0.1) is 0 Å². The fourth-order valence-electron chi connectivity index (χ4n) is 10.5. The van der Waals surface area contributed by atoms with Crippen LogP contribution in [0.1, 0.15) is 323 Å². The van der Waals surface area contributed by atoms with Crippen LogP contribution in [-0.4, -0.2) is 96.7 Å². The number of allylic oxidation sites excluding steroid dienone is 24. The van der Waals surface area contributed by atoms with Crippen molar-refractivity contribution in [3.63, 3.8) is 0 Å². The van der Waals surface area contributed by atoms with E-state index in [1.807, 2.05) is 30.4 Å². The van der Waals surface area contributed by atoms with E-state index in [4.69, 9.17) is 37.0 Å². The van der Waals surface area contributed by atoms with E-state index in [-0.39, 0.29) is 25.7 Å². The Morgan fingerprint density at radius 3 is 0.802 bits per heavy atom. The number of aliphatic hydroxyl groups is 1. The molecule has 0 fully saturated rings. The summed E-state index contributed by atoms with van der Waals surface area (Å²) in [7, 11) is -10.0. The first-order chi connectivity index (χ1) is 51.7. The number of ether oxygens (including phenoxy) is 4. The van der Waals surface area contributed by atoms with Crippen molar-refractivity contribution in [2.24, 2.45) is 0 Å². The third-order valence-corrected chi connectivity index (χ3v) is 18.7. The van der Waals surface area contributed by atoms with E-state index in [9.17, 15) is 43.2 Å². The maximum atomic E-state index is 13.1. The molecule has 17 nitrogen and oxygen atoms in total. The smallest absolute Gasteiger partial charge is 0.462 e. The van der Waals surface area contributed by atoms with E-state index in [2.05, 4.69) is 143 Å². The summed E-state index contributed by atoms with van der Waals surface area (Å²) in [5.41, 5.74) is 0. The van der Waals surface area contributed by atoms with Crippen LogP contribution in [0.4, 0.5) is 0 Å². The number of phosphoric ester groups is 2. The van der Waals surface area contributed by atoms with E-state index in [0.717, 1.165) is 122 Å². The number of esters is 4. The Labute approximate surface area is 643 Å². The topological polar surface area (TPSA) is 237 Å². The molecule has 0 saturated carbocycles. The van der Waals surface area contributed by atoms with Gasteiger partial charge in [0.1, 0.15) is 19.3 Å². The van der Waals surface area contributed by atoms with E-state index in [1.165, 1.54) is 109 Å². The van der Waals surface area contributed by atoms with Gasteiger partial charge in [0.25, 0.3) is 0 Å². The molecule has 0 aliphatic heterocycles. The van der Waals surface area contributed by atoms with Crippen LogP contribution in [0.2, 0.25) is 0 Å². The second-order valence-electron chi connectivity index (χ2n) is 27.0. The van der Waals surface area contributed by atoms with Gasteiger partial charge in [0.05, 0.1) is 26.4 Å². The highest BCUT2D eigenvalue weighted by atomic mass is 31.2. The Morgan fingerprint density at radius 1 is 0.264 bits per heavy atom. The van der Waals surface area contributed by atoms with Crippen molar-refractivity contribution in [1.82, 2.24) is 0 Å². The molecule has 5 atom stereocenters. The van der Waals surface area contributed by atoms with Crippen LogP contribution in [0.5, 0.6) is 0 Å². The van der Waals surface area contributed by atoms with Gasteiger partial charge in [0.15, 0.2) is 12.2 Å². The van der Waals surface area contributed by atoms with Gasteiger partial charge in [0, 0.05) is 25.7 Å². The largest absolute Gasteiger partial charge is 0.472 e. The van der Waals surface area contributed by atoms with Crippen molar-refractivity contribution in [3.8, 4) is 0 Å². The zero-order valence-corrected chi connectivity index (χ0v) is 68.1. The lowest BCUT2D eigenvalue weighted by Gasteiger charge is -2.21. The van der Waals surface area contributed by atoms with Crippen LogP contribution in [0.3, 0.4) is 0 Å². The summed E-state index contributed by atoms with van der Waals surface area (Å²) in [4.78, 5) is 73.0. The summed E-state index contributed by atoms with van der Waals surface area (Å²) in [6, 6.07) is 0. The predicted octanol–water partition coefficient (Wildman–Crippen LogP) is 24.2. The normalized spacial score (nSPS) is 14.6. The third kappa shape index (κ3) is 77.1. The minimum Gasteiger partial charge on any atom is -0.462 e. The molecule has 0 aromatic rings. The van der Waals surface area contributed by atoms with Crippen LogP contribution in [-0.2, 0) is 65.4 Å². The van der Waals surface area contributed by atoms with Gasteiger partial charge in [-0.15, -0.1) is 0 Å². The monoisotopic (exact) mass is 1530 g/mol. The predicted molar refractivity (Wildman–Crippen MR) is 436 cm³/mol. The molecule has 2 unspecified atom stereocenters. The van der Waals surface area contributed by atoms with Crippen molar-refractivity contribution in [1.29, 1.82) is 0 Å². The molecule has 0 aromatic heterocycles. The summed E-state index contributed by atoms with van der Waals surface area (Å²) in [5.74, 6) is -2.38. The molecule has 0 spiro atoms. The summed E-state index contributed by atoms with van der Waals surface area (Å²) < 4.78 is 68.5. The molecule has 606 valence electrons. The van der Waals surface area contributed by atoms with E-state index in [1.54, 1.807) is 0 Å². The molecule has 106 heavy (non-hydrogen) atoms. The van der Waals surface area contributed by atoms with E-state index in [0.29, 0.717) is 38.5 Å². The van der Waals surface area contributed by atoms with Gasteiger partial charge in [-0.1, -0.05) is 308 Å². The van der Waals surface area contributed by atoms with E-state index >= 15 is 0 Å². The van der Waals surface area contributed by atoms with Crippen molar-refractivity contribution < 1.29 is 80.2 Å². The van der Waals surface area contributed by atoms with Crippen LogP contribution in [0.25, 0.3) is 0 Å². The van der Waals surface area contributed by atoms with Gasteiger partial charge in [-0.2, -0.15) is 0 Å². The zero-order chi connectivity index (χ0) is 77.4. The van der Waals surface area contributed by atoms with Gasteiger partial charge in [0.2, 0.25) is 0 Å². The first kappa shape index (κ1) is 101. The number of rotatable bonds is 76. The molecule has 0 heterocycles. The minimum atomic E-state index is -5.01. The SMILES string of the molecule is CCCCC/C=C\C/C=C\C/C=C\C/C=C\C/C=C\CCC(=O)OC[C@H](COP(=O)(O)OC[C@@H](O)COP(=O)(O)OC[C@@H](COC(=O)CCCCCCC/C=C\C/C=C\CCCCC)OC(=O)CC/C=C\C/C=C\C/C=C\C/C=C\C/C=C\CCCCC)OC(=O)CCCCCCCCCCCCCCC. The molecule has 0 aromatic carbocycles. The molecule has 3 N–H and O–H groups in total. The second kappa shape index (κ2) is 78.1. The van der Waals surface area contributed by atoms with E-state index < -0.39 is 97.5 Å².